The van der Waals surface area contributed by atoms with Crippen molar-refractivity contribution >= 4 is 31.5 Å². The van der Waals surface area contributed by atoms with Gasteiger partial charge in [0, 0.05) is 13.8 Å². The van der Waals surface area contributed by atoms with Crippen LogP contribution in [0, 0.1) is 0 Å². The maximum absolute atomic E-state index is 11.9. The molecule has 0 heterocycles. The third-order valence-corrected chi connectivity index (χ3v) is 4.98. The Bertz CT molecular complexity index is 665. The minimum Gasteiger partial charge on any atom is -0.459 e. The maximum Gasteiger partial charge on any atom is 0.347 e. The second-order valence-corrected chi connectivity index (χ2v) is 8.32. The summed E-state index contributed by atoms with van der Waals surface area (Å²) in [6.45, 7) is 11.7. The van der Waals surface area contributed by atoms with E-state index in [0.717, 1.165) is 0 Å². The Hall–Kier alpha value is -2.01. The highest BCUT2D eigenvalue weighted by Crippen LogP contribution is 2.45. The Kier molecular flexibility index (Phi) is 17.6. The van der Waals surface area contributed by atoms with Crippen LogP contribution in [0.5, 0.6) is 0 Å². The van der Waals surface area contributed by atoms with Gasteiger partial charge in [-0.2, -0.15) is 0 Å². The van der Waals surface area contributed by atoms with Gasteiger partial charge in [-0.15, -0.1) is 0 Å². The molecule has 0 fully saturated rings. The summed E-state index contributed by atoms with van der Waals surface area (Å²) in [5, 5.41) is 0. The van der Waals surface area contributed by atoms with Gasteiger partial charge in [-0.25, -0.2) is 19.2 Å². The summed E-state index contributed by atoms with van der Waals surface area (Å²) in [5.74, 6) is -3.39. The molecule has 0 aromatic heterocycles. The minimum atomic E-state index is -3.43. The molecule has 0 radical (unpaired) electrons. The van der Waals surface area contributed by atoms with Crippen LogP contribution in [-0.4, -0.2) is 81.9 Å². The van der Waals surface area contributed by atoms with E-state index < -0.39 is 55.9 Å². The van der Waals surface area contributed by atoms with Gasteiger partial charge in [0.05, 0.1) is 6.61 Å². The van der Waals surface area contributed by atoms with E-state index in [9.17, 15) is 23.7 Å². The SMILES string of the molecule is CC.CCO[P@](C)(=O)O[C@@H](C)C(=O)O[C@@H](C)C(=O)OCCOC(=O)[C@@H](C)OC(=O)[C@@H](C)OC. The number of methoxy groups -OCH3 is 1. The highest BCUT2D eigenvalue weighted by molar-refractivity contribution is 7.53. The van der Waals surface area contributed by atoms with E-state index in [1.54, 1.807) is 6.92 Å². The molecule has 12 nitrogen and oxygen atoms in total. The lowest BCUT2D eigenvalue weighted by Gasteiger charge is -2.19. The molecule has 0 aromatic carbocycles. The second kappa shape index (κ2) is 17.5. The van der Waals surface area contributed by atoms with E-state index >= 15 is 0 Å². The summed E-state index contributed by atoms with van der Waals surface area (Å²) >= 11 is 0. The third kappa shape index (κ3) is 14.7. The largest absolute Gasteiger partial charge is 0.459 e. The second-order valence-electron chi connectivity index (χ2n) is 6.31. The quantitative estimate of drug-likeness (QED) is 0.149. The number of carbonyl (C=O) groups excluding carboxylic acids is 4. The van der Waals surface area contributed by atoms with Crippen molar-refractivity contribution in [2.45, 2.75) is 72.9 Å². The topological polar surface area (TPSA) is 150 Å². The summed E-state index contributed by atoms with van der Waals surface area (Å²) in [5.41, 5.74) is 0. The minimum absolute atomic E-state index is 0.135. The zero-order chi connectivity index (χ0) is 26.2. The van der Waals surface area contributed by atoms with Crippen LogP contribution in [0.4, 0.5) is 0 Å². The zero-order valence-corrected chi connectivity index (χ0v) is 21.7. The van der Waals surface area contributed by atoms with Crippen molar-refractivity contribution in [3.05, 3.63) is 0 Å². The average molecular weight is 500 g/mol. The van der Waals surface area contributed by atoms with Crippen LogP contribution in [0.3, 0.4) is 0 Å². The molecule has 0 amide bonds. The summed E-state index contributed by atoms with van der Waals surface area (Å²) in [6.07, 6.45) is -4.53. The van der Waals surface area contributed by atoms with Crippen LogP contribution in [-0.2, 0) is 56.5 Å². The molecule has 0 saturated carbocycles. The first-order valence-corrected chi connectivity index (χ1v) is 12.5. The van der Waals surface area contributed by atoms with Crippen molar-refractivity contribution in [3.8, 4) is 0 Å². The van der Waals surface area contributed by atoms with Gasteiger partial charge in [-0.1, -0.05) is 13.8 Å². The zero-order valence-electron chi connectivity index (χ0n) is 20.8. The average Bonchev–Trinajstić information content (AvgIpc) is 2.76. The predicted octanol–water partition coefficient (Wildman–Crippen LogP) is 2.26. The molecule has 0 aliphatic heterocycles. The summed E-state index contributed by atoms with van der Waals surface area (Å²) in [4.78, 5) is 47.1. The fourth-order valence-electron chi connectivity index (χ4n) is 1.85. The summed E-state index contributed by atoms with van der Waals surface area (Å²) < 4.78 is 46.0. The van der Waals surface area contributed by atoms with Crippen LogP contribution in [0.25, 0.3) is 0 Å². The molecule has 0 saturated heterocycles. The Balaban J connectivity index is 0. The number of rotatable bonds is 14. The Morgan fingerprint density at radius 2 is 1.12 bits per heavy atom. The maximum atomic E-state index is 11.9. The first kappa shape index (κ1) is 33.2. The monoisotopic (exact) mass is 500 g/mol. The lowest BCUT2D eigenvalue weighted by Crippen LogP contribution is -2.33. The first-order chi connectivity index (χ1) is 15.3. The molecule has 194 valence electrons. The highest BCUT2D eigenvalue weighted by Gasteiger charge is 2.29. The fraction of sp³-hybridized carbons (Fsp3) is 0.800. The van der Waals surface area contributed by atoms with Gasteiger partial charge in [-0.3, -0.25) is 9.09 Å². The van der Waals surface area contributed by atoms with E-state index in [4.69, 9.17) is 32.7 Å². The van der Waals surface area contributed by atoms with Crippen molar-refractivity contribution in [1.29, 1.82) is 0 Å². The number of ether oxygens (including phenoxy) is 5. The van der Waals surface area contributed by atoms with Crippen LogP contribution in [0.15, 0.2) is 0 Å². The van der Waals surface area contributed by atoms with Gasteiger partial charge >= 0.3 is 31.5 Å². The molecule has 0 rings (SSSR count). The molecule has 0 aliphatic rings. The van der Waals surface area contributed by atoms with Crippen molar-refractivity contribution in [2.24, 2.45) is 0 Å². The standard InChI is InChI=1S/C18H31O12P.C2H6/c1-8-27-31(7,23)30-14(5)18(22)29-13(4)16(20)26-10-9-25-15(19)12(3)28-17(21)11(2)24-6;1-2/h11-14H,8-10H2,1-7H3;1-2H3/t11-,12-,13+,14+,31+;/m1./s1. The first-order valence-electron chi connectivity index (χ1n) is 10.5. The number of hydrogen-bond acceptors (Lipinski definition) is 12. The van der Waals surface area contributed by atoms with E-state index in [1.165, 1.54) is 41.5 Å². The van der Waals surface area contributed by atoms with Crippen molar-refractivity contribution in [2.75, 3.05) is 33.6 Å². The fourth-order valence-corrected chi connectivity index (χ4v) is 3.04. The highest BCUT2D eigenvalue weighted by atomic mass is 31.2. The number of esters is 4. The Morgan fingerprint density at radius 1 is 0.727 bits per heavy atom. The van der Waals surface area contributed by atoms with Gasteiger partial charge in [0.1, 0.15) is 13.2 Å². The molecule has 0 bridgehead atoms. The predicted molar refractivity (Wildman–Crippen MR) is 117 cm³/mol. The molecule has 0 unspecified atom stereocenters. The summed E-state index contributed by atoms with van der Waals surface area (Å²) in [6, 6.07) is 0. The molecule has 0 spiro atoms. The normalized spacial score (nSPS) is 15.9. The number of carbonyl (C=O) groups is 4. The Labute approximate surface area is 195 Å². The van der Waals surface area contributed by atoms with Crippen LogP contribution >= 0.6 is 7.60 Å². The van der Waals surface area contributed by atoms with Crippen LogP contribution in [0.1, 0.15) is 48.5 Å². The van der Waals surface area contributed by atoms with Crippen molar-refractivity contribution < 1.29 is 56.5 Å². The molecule has 0 aromatic rings. The smallest absolute Gasteiger partial charge is 0.347 e. The summed E-state index contributed by atoms with van der Waals surface area (Å²) in [7, 11) is -2.11. The van der Waals surface area contributed by atoms with Crippen LogP contribution < -0.4 is 0 Å². The third-order valence-electron chi connectivity index (χ3n) is 3.55. The lowest BCUT2D eigenvalue weighted by molar-refractivity contribution is -0.176. The van der Waals surface area contributed by atoms with Crippen LogP contribution in [0.2, 0.25) is 0 Å². The van der Waals surface area contributed by atoms with E-state index in [-0.39, 0.29) is 19.8 Å². The van der Waals surface area contributed by atoms with E-state index in [1.807, 2.05) is 13.8 Å². The molecular weight excluding hydrogens is 463 g/mol. The van der Waals surface area contributed by atoms with E-state index in [2.05, 4.69) is 0 Å². The number of hydrogen-bond donors (Lipinski definition) is 0. The van der Waals surface area contributed by atoms with Gasteiger partial charge < -0.3 is 28.2 Å². The molecule has 33 heavy (non-hydrogen) atoms. The van der Waals surface area contributed by atoms with Gasteiger partial charge in [0.15, 0.2) is 24.4 Å². The van der Waals surface area contributed by atoms with Crippen molar-refractivity contribution in [1.82, 2.24) is 0 Å². The molecule has 13 heteroatoms. The van der Waals surface area contributed by atoms with Gasteiger partial charge in [0.2, 0.25) is 0 Å². The molecular formula is C20H37O12P. The molecule has 0 N–H and O–H groups in total. The lowest BCUT2D eigenvalue weighted by atomic mass is 10.4. The molecule has 5 atom stereocenters. The van der Waals surface area contributed by atoms with Gasteiger partial charge in [-0.05, 0) is 34.6 Å². The van der Waals surface area contributed by atoms with Crippen molar-refractivity contribution in [3.63, 3.8) is 0 Å². The Morgan fingerprint density at radius 3 is 1.48 bits per heavy atom. The van der Waals surface area contributed by atoms with E-state index in [0.29, 0.717) is 0 Å². The molecule has 0 aliphatic carbocycles. The van der Waals surface area contributed by atoms with Gasteiger partial charge in [0.25, 0.3) is 0 Å².